The molecular formula is C26H24N2O4. The van der Waals surface area contributed by atoms with Crippen LogP contribution in [0.1, 0.15) is 16.7 Å². The van der Waals surface area contributed by atoms with Gasteiger partial charge in [-0.3, -0.25) is 9.59 Å². The van der Waals surface area contributed by atoms with Gasteiger partial charge in [-0.15, -0.1) is 0 Å². The molecular weight excluding hydrogens is 404 g/mol. The zero-order valence-corrected chi connectivity index (χ0v) is 18.4. The number of nitrogens with one attached hydrogen (secondary N) is 1. The first-order chi connectivity index (χ1) is 15.4. The number of para-hydroxylation sites is 1. The molecule has 0 atom stereocenters. The van der Waals surface area contributed by atoms with E-state index in [0.29, 0.717) is 22.7 Å². The summed E-state index contributed by atoms with van der Waals surface area (Å²) in [7, 11) is 3.08. The lowest BCUT2D eigenvalue weighted by Gasteiger charge is -2.16. The fourth-order valence-corrected chi connectivity index (χ4v) is 3.75. The number of hydrogen-bond acceptors (Lipinski definition) is 5. The van der Waals surface area contributed by atoms with Crippen LogP contribution in [0.2, 0.25) is 0 Å². The van der Waals surface area contributed by atoms with Crippen molar-refractivity contribution in [3.63, 3.8) is 0 Å². The standard InChI is InChI=1S/C26H24N2O4/c1-16-8-7-10-19(14-16)28-25(29)23(18-12-13-21(31-3)22(15-18)32-4)24(26(28)30)27-20-11-6-5-9-17(20)2/h5-15,27H,1-4H3. The van der Waals surface area contributed by atoms with Crippen LogP contribution in [0, 0.1) is 13.8 Å². The topological polar surface area (TPSA) is 67.9 Å². The Balaban J connectivity index is 1.87. The van der Waals surface area contributed by atoms with Crippen molar-refractivity contribution in [2.45, 2.75) is 13.8 Å². The average molecular weight is 428 g/mol. The Bertz CT molecular complexity index is 1250. The molecule has 6 nitrogen and oxygen atoms in total. The fourth-order valence-electron chi connectivity index (χ4n) is 3.75. The van der Waals surface area contributed by atoms with Crippen LogP contribution in [0.15, 0.2) is 72.4 Å². The van der Waals surface area contributed by atoms with Crippen LogP contribution in [0.3, 0.4) is 0 Å². The van der Waals surface area contributed by atoms with E-state index in [1.54, 1.807) is 31.4 Å². The molecule has 0 fully saturated rings. The molecule has 0 bridgehead atoms. The molecule has 1 aliphatic heterocycles. The van der Waals surface area contributed by atoms with E-state index >= 15 is 0 Å². The first-order valence-corrected chi connectivity index (χ1v) is 10.2. The molecule has 1 heterocycles. The molecule has 0 saturated heterocycles. The van der Waals surface area contributed by atoms with E-state index < -0.39 is 11.8 Å². The first-order valence-electron chi connectivity index (χ1n) is 10.2. The zero-order chi connectivity index (χ0) is 22.8. The van der Waals surface area contributed by atoms with Crippen LogP contribution in [0.4, 0.5) is 11.4 Å². The fraction of sp³-hybridized carbons (Fsp3) is 0.154. The molecule has 3 aromatic rings. The summed E-state index contributed by atoms with van der Waals surface area (Å²) in [6.07, 6.45) is 0. The highest BCUT2D eigenvalue weighted by atomic mass is 16.5. The Kier molecular flexibility index (Phi) is 5.69. The van der Waals surface area contributed by atoms with Gasteiger partial charge in [-0.25, -0.2) is 4.90 Å². The molecule has 3 aromatic carbocycles. The SMILES string of the molecule is COc1ccc(C2=C(Nc3ccccc3C)C(=O)N(c3cccc(C)c3)C2=O)cc1OC. The molecule has 162 valence electrons. The van der Waals surface area contributed by atoms with Crippen molar-refractivity contribution in [1.82, 2.24) is 0 Å². The van der Waals surface area contributed by atoms with Crippen molar-refractivity contribution < 1.29 is 19.1 Å². The summed E-state index contributed by atoms with van der Waals surface area (Å²) in [5.74, 6) is 0.206. The van der Waals surface area contributed by atoms with Gasteiger partial charge in [0, 0.05) is 5.69 Å². The summed E-state index contributed by atoms with van der Waals surface area (Å²) >= 11 is 0. The third-order valence-corrected chi connectivity index (χ3v) is 5.42. The number of hydrogen-bond donors (Lipinski definition) is 1. The molecule has 1 aliphatic rings. The number of aryl methyl sites for hydroxylation is 2. The molecule has 2 amide bonds. The highest BCUT2D eigenvalue weighted by molar-refractivity contribution is 6.46. The normalized spacial score (nSPS) is 13.6. The van der Waals surface area contributed by atoms with E-state index in [0.717, 1.165) is 16.8 Å². The summed E-state index contributed by atoms with van der Waals surface area (Å²) in [6, 6.07) is 20.1. The number of anilines is 2. The van der Waals surface area contributed by atoms with Gasteiger partial charge in [0.15, 0.2) is 11.5 Å². The van der Waals surface area contributed by atoms with Crippen molar-refractivity contribution in [3.05, 3.63) is 89.1 Å². The minimum Gasteiger partial charge on any atom is -0.493 e. The van der Waals surface area contributed by atoms with E-state index in [-0.39, 0.29) is 11.3 Å². The van der Waals surface area contributed by atoms with E-state index in [9.17, 15) is 9.59 Å². The first kappa shape index (κ1) is 21.2. The number of amides is 2. The molecule has 0 aliphatic carbocycles. The number of benzene rings is 3. The predicted octanol–water partition coefficient (Wildman–Crippen LogP) is 4.72. The maximum atomic E-state index is 13.6. The molecule has 1 N–H and O–H groups in total. The van der Waals surface area contributed by atoms with Gasteiger partial charge in [0.2, 0.25) is 0 Å². The summed E-state index contributed by atoms with van der Waals surface area (Å²) in [5.41, 5.74) is 4.26. The highest BCUT2D eigenvalue weighted by Gasteiger charge is 2.40. The van der Waals surface area contributed by atoms with Crippen molar-refractivity contribution in [1.29, 1.82) is 0 Å². The summed E-state index contributed by atoms with van der Waals surface area (Å²) in [5, 5.41) is 3.21. The third kappa shape index (κ3) is 3.71. The van der Waals surface area contributed by atoms with Gasteiger partial charge in [0.1, 0.15) is 5.70 Å². The number of nitrogens with zero attached hydrogens (tertiary/aromatic N) is 1. The lowest BCUT2D eigenvalue weighted by molar-refractivity contribution is -0.120. The lowest BCUT2D eigenvalue weighted by atomic mass is 10.0. The predicted molar refractivity (Wildman–Crippen MR) is 125 cm³/mol. The van der Waals surface area contributed by atoms with Gasteiger partial charge in [-0.05, 0) is 60.9 Å². The van der Waals surface area contributed by atoms with Crippen molar-refractivity contribution >= 4 is 28.8 Å². The van der Waals surface area contributed by atoms with Gasteiger partial charge in [-0.1, -0.05) is 36.4 Å². The Morgan fingerprint density at radius 1 is 0.781 bits per heavy atom. The Labute approximate surface area is 187 Å². The highest BCUT2D eigenvalue weighted by Crippen LogP contribution is 2.37. The average Bonchev–Trinajstić information content (AvgIpc) is 3.04. The van der Waals surface area contributed by atoms with Crippen LogP contribution in [-0.4, -0.2) is 26.0 Å². The number of carbonyl (C=O) groups excluding carboxylic acids is 2. The van der Waals surface area contributed by atoms with Crippen LogP contribution in [0.5, 0.6) is 11.5 Å². The Morgan fingerprint density at radius 2 is 1.53 bits per heavy atom. The molecule has 32 heavy (non-hydrogen) atoms. The van der Waals surface area contributed by atoms with E-state index in [1.165, 1.54) is 12.0 Å². The molecule has 0 saturated carbocycles. The Hall–Kier alpha value is -4.06. The molecule has 0 spiro atoms. The lowest BCUT2D eigenvalue weighted by Crippen LogP contribution is -2.32. The minimum atomic E-state index is -0.409. The van der Waals surface area contributed by atoms with Gasteiger partial charge >= 0.3 is 0 Å². The maximum Gasteiger partial charge on any atom is 0.282 e. The number of carbonyl (C=O) groups is 2. The van der Waals surface area contributed by atoms with Gasteiger partial charge < -0.3 is 14.8 Å². The summed E-state index contributed by atoms with van der Waals surface area (Å²) in [4.78, 5) is 28.3. The van der Waals surface area contributed by atoms with Gasteiger partial charge in [0.25, 0.3) is 11.8 Å². The van der Waals surface area contributed by atoms with Crippen LogP contribution in [-0.2, 0) is 9.59 Å². The third-order valence-electron chi connectivity index (χ3n) is 5.42. The number of ether oxygens (including phenoxy) is 2. The van der Waals surface area contributed by atoms with Crippen LogP contribution < -0.4 is 19.7 Å². The van der Waals surface area contributed by atoms with E-state index in [4.69, 9.17) is 9.47 Å². The van der Waals surface area contributed by atoms with Crippen molar-refractivity contribution in [3.8, 4) is 11.5 Å². The quantitative estimate of drug-likeness (QED) is 0.576. The monoisotopic (exact) mass is 428 g/mol. The molecule has 4 rings (SSSR count). The maximum absolute atomic E-state index is 13.6. The van der Waals surface area contributed by atoms with Crippen LogP contribution >= 0.6 is 0 Å². The number of imide groups is 1. The second kappa shape index (κ2) is 8.59. The summed E-state index contributed by atoms with van der Waals surface area (Å²) < 4.78 is 10.7. The zero-order valence-electron chi connectivity index (χ0n) is 18.4. The second-order valence-corrected chi connectivity index (χ2v) is 7.54. The van der Waals surface area contributed by atoms with Crippen molar-refractivity contribution in [2.24, 2.45) is 0 Å². The largest absolute Gasteiger partial charge is 0.493 e. The second-order valence-electron chi connectivity index (χ2n) is 7.54. The van der Waals surface area contributed by atoms with Crippen LogP contribution in [0.25, 0.3) is 5.57 Å². The molecule has 0 unspecified atom stereocenters. The smallest absolute Gasteiger partial charge is 0.282 e. The molecule has 0 aromatic heterocycles. The van der Waals surface area contributed by atoms with E-state index in [1.807, 2.05) is 56.3 Å². The Morgan fingerprint density at radius 3 is 2.22 bits per heavy atom. The minimum absolute atomic E-state index is 0.220. The van der Waals surface area contributed by atoms with Gasteiger partial charge in [0.05, 0.1) is 25.5 Å². The molecule has 6 heteroatoms. The summed E-state index contributed by atoms with van der Waals surface area (Å²) in [6.45, 7) is 3.86. The molecule has 0 radical (unpaired) electrons. The van der Waals surface area contributed by atoms with E-state index in [2.05, 4.69) is 5.32 Å². The number of rotatable bonds is 6. The number of methoxy groups -OCH3 is 2. The van der Waals surface area contributed by atoms with Crippen molar-refractivity contribution in [2.75, 3.05) is 24.4 Å². The van der Waals surface area contributed by atoms with Gasteiger partial charge in [-0.2, -0.15) is 0 Å².